The summed E-state index contributed by atoms with van der Waals surface area (Å²) >= 11 is 0. The third-order valence-electron chi connectivity index (χ3n) is 4.16. The van der Waals surface area contributed by atoms with Gasteiger partial charge in [-0.2, -0.15) is 0 Å². The highest BCUT2D eigenvalue weighted by Crippen LogP contribution is 2.12. The first-order valence-electron chi connectivity index (χ1n) is 7.99. The van der Waals surface area contributed by atoms with Crippen molar-refractivity contribution in [3.63, 3.8) is 0 Å². The van der Waals surface area contributed by atoms with E-state index in [-0.39, 0.29) is 17.9 Å². The molecule has 0 fully saturated rings. The number of likely N-dealkylation sites (N-methyl/N-ethyl adjacent to an activating group) is 1. The molecule has 1 rings (SSSR count). The fourth-order valence-corrected chi connectivity index (χ4v) is 2.39. The first-order chi connectivity index (χ1) is 10.9. The Balaban J connectivity index is 2.85. The summed E-state index contributed by atoms with van der Waals surface area (Å²) in [7, 11) is 5.07. The largest absolute Gasteiger partial charge is 0.467 e. The van der Waals surface area contributed by atoms with Crippen LogP contribution in [-0.4, -0.2) is 50.1 Å². The Hall–Kier alpha value is -1.88. The molecule has 0 saturated heterocycles. The van der Waals surface area contributed by atoms with Gasteiger partial charge in [0.15, 0.2) is 0 Å². The molecule has 128 valence electrons. The van der Waals surface area contributed by atoms with Gasteiger partial charge in [-0.05, 0) is 32.0 Å². The van der Waals surface area contributed by atoms with Crippen molar-refractivity contribution in [2.45, 2.75) is 38.8 Å². The van der Waals surface area contributed by atoms with E-state index in [0.717, 1.165) is 12.0 Å². The van der Waals surface area contributed by atoms with E-state index in [2.05, 4.69) is 5.32 Å². The van der Waals surface area contributed by atoms with E-state index in [1.807, 2.05) is 63.2 Å². The molecule has 0 aliphatic rings. The highest BCUT2D eigenvalue weighted by Gasteiger charge is 2.30. The number of rotatable bonds is 8. The van der Waals surface area contributed by atoms with E-state index >= 15 is 0 Å². The molecule has 0 aliphatic carbocycles. The van der Waals surface area contributed by atoms with Gasteiger partial charge in [0.2, 0.25) is 5.91 Å². The first-order valence-corrected chi connectivity index (χ1v) is 7.99. The molecular weight excluding hydrogens is 292 g/mol. The van der Waals surface area contributed by atoms with Gasteiger partial charge in [0.1, 0.15) is 6.04 Å². The van der Waals surface area contributed by atoms with Gasteiger partial charge in [-0.3, -0.25) is 9.69 Å². The van der Waals surface area contributed by atoms with Crippen molar-refractivity contribution in [1.82, 2.24) is 10.2 Å². The number of amides is 1. The molecule has 0 bridgehead atoms. The second-order valence-corrected chi connectivity index (χ2v) is 6.06. The molecule has 1 N–H and O–H groups in total. The number of benzene rings is 1. The van der Waals surface area contributed by atoms with Crippen molar-refractivity contribution in [2.75, 3.05) is 21.2 Å². The molecular formula is C18H28N2O3. The Labute approximate surface area is 139 Å². The summed E-state index contributed by atoms with van der Waals surface area (Å²) in [5.74, 6) is -0.537. The molecule has 0 unspecified atom stereocenters. The maximum Gasteiger partial charge on any atom is 0.328 e. The zero-order valence-electron chi connectivity index (χ0n) is 14.7. The highest BCUT2D eigenvalue weighted by atomic mass is 16.5. The maximum atomic E-state index is 12.7. The smallest absolute Gasteiger partial charge is 0.328 e. The molecule has 1 aromatic rings. The van der Waals surface area contributed by atoms with E-state index in [4.69, 9.17) is 4.74 Å². The SMILES string of the molecule is CC[C@H](C)[C@H](NC(=O)[C@H](Cc1ccccc1)N(C)C)C(=O)OC. The standard InChI is InChI=1S/C18H28N2O3/c1-6-13(2)16(18(22)23-5)19-17(21)15(20(3)4)12-14-10-8-7-9-11-14/h7-11,13,15-16H,6,12H2,1-5H3,(H,19,21)/t13-,15-,16-/m0/s1. The number of hydrogen-bond donors (Lipinski definition) is 1. The summed E-state index contributed by atoms with van der Waals surface area (Å²) in [5.41, 5.74) is 1.08. The van der Waals surface area contributed by atoms with Gasteiger partial charge < -0.3 is 10.1 Å². The van der Waals surface area contributed by atoms with Gasteiger partial charge in [0, 0.05) is 0 Å². The van der Waals surface area contributed by atoms with E-state index in [0.29, 0.717) is 6.42 Å². The van der Waals surface area contributed by atoms with Crippen LogP contribution in [0.5, 0.6) is 0 Å². The van der Waals surface area contributed by atoms with Crippen LogP contribution in [0.3, 0.4) is 0 Å². The Kier molecular flexibility index (Phi) is 7.75. The zero-order chi connectivity index (χ0) is 17.4. The predicted octanol–water partition coefficient (Wildman–Crippen LogP) is 1.86. The van der Waals surface area contributed by atoms with E-state index in [1.54, 1.807) is 0 Å². The molecule has 3 atom stereocenters. The lowest BCUT2D eigenvalue weighted by atomic mass is 9.98. The lowest BCUT2D eigenvalue weighted by Gasteiger charge is -2.28. The monoisotopic (exact) mass is 320 g/mol. The number of carbonyl (C=O) groups is 2. The van der Waals surface area contributed by atoms with E-state index < -0.39 is 12.0 Å². The van der Waals surface area contributed by atoms with Crippen LogP contribution in [0.15, 0.2) is 30.3 Å². The van der Waals surface area contributed by atoms with Gasteiger partial charge in [0.05, 0.1) is 13.2 Å². The van der Waals surface area contributed by atoms with Crippen LogP contribution >= 0.6 is 0 Å². The molecule has 5 heteroatoms. The minimum Gasteiger partial charge on any atom is -0.467 e. The van der Waals surface area contributed by atoms with Crippen LogP contribution in [0.2, 0.25) is 0 Å². The third-order valence-corrected chi connectivity index (χ3v) is 4.16. The molecule has 0 aliphatic heterocycles. The number of ether oxygens (including phenoxy) is 1. The van der Waals surface area contributed by atoms with E-state index in [9.17, 15) is 9.59 Å². The topological polar surface area (TPSA) is 58.6 Å². The molecule has 0 saturated carbocycles. The number of esters is 1. The van der Waals surface area contributed by atoms with Crippen LogP contribution in [0.4, 0.5) is 0 Å². The first kappa shape index (κ1) is 19.2. The van der Waals surface area contributed by atoms with Gasteiger partial charge in [0.25, 0.3) is 0 Å². The summed E-state index contributed by atoms with van der Waals surface area (Å²) in [6, 6.07) is 8.90. The Morgan fingerprint density at radius 2 is 1.83 bits per heavy atom. The Bertz CT molecular complexity index is 502. The van der Waals surface area contributed by atoms with Gasteiger partial charge >= 0.3 is 5.97 Å². The van der Waals surface area contributed by atoms with Crippen molar-refractivity contribution in [3.05, 3.63) is 35.9 Å². The molecule has 23 heavy (non-hydrogen) atoms. The van der Waals surface area contributed by atoms with E-state index in [1.165, 1.54) is 7.11 Å². The summed E-state index contributed by atoms with van der Waals surface area (Å²) in [6.07, 6.45) is 1.37. The number of hydrogen-bond acceptors (Lipinski definition) is 4. The summed E-state index contributed by atoms with van der Waals surface area (Å²) < 4.78 is 4.83. The van der Waals surface area contributed by atoms with Crippen LogP contribution in [0.25, 0.3) is 0 Å². The quantitative estimate of drug-likeness (QED) is 0.743. The number of nitrogens with one attached hydrogen (secondary N) is 1. The van der Waals surface area contributed by atoms with Crippen molar-refractivity contribution in [1.29, 1.82) is 0 Å². The van der Waals surface area contributed by atoms with Crippen LogP contribution < -0.4 is 5.32 Å². The molecule has 1 amide bonds. The van der Waals surface area contributed by atoms with Crippen LogP contribution in [0.1, 0.15) is 25.8 Å². The van der Waals surface area contributed by atoms with Gasteiger partial charge in [-0.1, -0.05) is 50.6 Å². The second-order valence-electron chi connectivity index (χ2n) is 6.06. The second kappa shape index (κ2) is 9.30. The van der Waals surface area contributed by atoms with Crippen molar-refractivity contribution < 1.29 is 14.3 Å². The number of methoxy groups -OCH3 is 1. The molecule has 0 radical (unpaired) electrons. The average Bonchev–Trinajstić information content (AvgIpc) is 2.56. The summed E-state index contributed by atoms with van der Waals surface area (Å²) in [5, 5.41) is 2.86. The molecule has 5 nitrogen and oxygen atoms in total. The lowest BCUT2D eigenvalue weighted by Crippen LogP contribution is -2.53. The summed E-state index contributed by atoms with van der Waals surface area (Å²) in [6.45, 7) is 3.92. The van der Waals surface area contributed by atoms with Crippen molar-refractivity contribution in [2.24, 2.45) is 5.92 Å². The fraction of sp³-hybridized carbons (Fsp3) is 0.556. The van der Waals surface area contributed by atoms with Crippen molar-refractivity contribution in [3.8, 4) is 0 Å². The highest BCUT2D eigenvalue weighted by molar-refractivity contribution is 5.87. The minimum atomic E-state index is -0.615. The van der Waals surface area contributed by atoms with Gasteiger partial charge in [-0.25, -0.2) is 4.79 Å². The Morgan fingerprint density at radius 1 is 1.22 bits per heavy atom. The number of carbonyl (C=O) groups excluding carboxylic acids is 2. The molecule has 1 aromatic carbocycles. The summed E-state index contributed by atoms with van der Waals surface area (Å²) in [4.78, 5) is 26.5. The molecule has 0 spiro atoms. The average molecular weight is 320 g/mol. The fourth-order valence-electron chi connectivity index (χ4n) is 2.39. The van der Waals surface area contributed by atoms with Gasteiger partial charge in [-0.15, -0.1) is 0 Å². The third kappa shape index (κ3) is 5.67. The predicted molar refractivity (Wildman–Crippen MR) is 91.0 cm³/mol. The molecule has 0 aromatic heterocycles. The lowest BCUT2D eigenvalue weighted by molar-refractivity contribution is -0.147. The zero-order valence-corrected chi connectivity index (χ0v) is 14.7. The maximum absolute atomic E-state index is 12.7. The van der Waals surface area contributed by atoms with Crippen LogP contribution in [0, 0.1) is 5.92 Å². The van der Waals surface area contributed by atoms with Crippen molar-refractivity contribution >= 4 is 11.9 Å². The normalized spacial score (nSPS) is 14.9. The molecule has 0 heterocycles. The Morgan fingerprint density at radius 3 is 2.30 bits per heavy atom. The minimum absolute atomic E-state index is 0.0194. The van der Waals surface area contributed by atoms with Crippen LogP contribution in [-0.2, 0) is 20.7 Å². The number of nitrogens with zero attached hydrogens (tertiary/aromatic N) is 1.